The monoisotopic (exact) mass is 655 g/mol. The molecule has 0 aliphatic carbocycles. The number of ether oxygens (including phenoxy) is 2. The highest BCUT2D eigenvalue weighted by Crippen LogP contribution is 2.31. The number of nitrogens with one attached hydrogen (secondary N) is 2. The number of anilines is 1. The first-order chi connectivity index (χ1) is 20.8. The molecule has 1 aliphatic heterocycles. The third-order valence-electron chi connectivity index (χ3n) is 7.07. The Morgan fingerprint density at radius 2 is 1.80 bits per heavy atom. The van der Waals surface area contributed by atoms with Gasteiger partial charge in [-0.05, 0) is 48.2 Å². The van der Waals surface area contributed by atoms with Crippen LogP contribution < -0.4 is 20.3 Å². The number of carbonyl (C=O) groups is 1. The molecule has 1 amide bonds. The van der Waals surface area contributed by atoms with Gasteiger partial charge in [-0.1, -0.05) is 49.4 Å². The molecule has 1 atom stereocenters. The Morgan fingerprint density at radius 1 is 1.11 bits per heavy atom. The van der Waals surface area contributed by atoms with Gasteiger partial charge in [-0.25, -0.2) is 13.4 Å². The van der Waals surface area contributed by atoms with Gasteiger partial charge in [0.15, 0.2) is 5.13 Å². The molecule has 0 radical (unpaired) electrons. The van der Waals surface area contributed by atoms with E-state index in [1.807, 2.05) is 17.0 Å². The smallest absolute Gasteiger partial charge is 0.406 e. The average molecular weight is 656 g/mol. The highest BCUT2D eigenvalue weighted by atomic mass is 32.2. The van der Waals surface area contributed by atoms with E-state index in [0.29, 0.717) is 28.2 Å². The van der Waals surface area contributed by atoms with Gasteiger partial charge in [-0.2, -0.15) is 4.31 Å². The van der Waals surface area contributed by atoms with E-state index in [9.17, 15) is 26.4 Å². The molecule has 15 heteroatoms. The van der Waals surface area contributed by atoms with Crippen LogP contribution in [0.4, 0.5) is 18.3 Å². The van der Waals surface area contributed by atoms with Crippen LogP contribution in [0, 0.1) is 6.92 Å². The number of rotatable bonds is 12. The SMILES string of the molecule is CNC(=O)c1sc(N2CCN(S(=O)(=O)c3ccc(OC(F)(F)F)cc3)[C@@H](COCNCc3ccc(C(C)C)cc3)C2)nc1C. The van der Waals surface area contributed by atoms with Crippen molar-refractivity contribution in [3.8, 4) is 5.75 Å². The molecular weight excluding hydrogens is 619 g/mol. The van der Waals surface area contributed by atoms with Gasteiger partial charge in [-0.15, -0.1) is 13.2 Å². The summed E-state index contributed by atoms with van der Waals surface area (Å²) < 4.78 is 76.2. The number of amides is 1. The largest absolute Gasteiger partial charge is 0.573 e. The van der Waals surface area contributed by atoms with Crippen molar-refractivity contribution >= 4 is 32.4 Å². The summed E-state index contributed by atoms with van der Waals surface area (Å²) in [5.41, 5.74) is 2.89. The van der Waals surface area contributed by atoms with E-state index in [2.05, 4.69) is 46.3 Å². The maximum absolute atomic E-state index is 13.7. The summed E-state index contributed by atoms with van der Waals surface area (Å²) in [6.07, 6.45) is -4.89. The van der Waals surface area contributed by atoms with Gasteiger partial charge in [0.25, 0.3) is 5.91 Å². The van der Waals surface area contributed by atoms with E-state index in [0.717, 1.165) is 29.8 Å². The molecule has 0 saturated carbocycles. The van der Waals surface area contributed by atoms with Gasteiger partial charge in [0.05, 0.1) is 30.0 Å². The van der Waals surface area contributed by atoms with Gasteiger partial charge in [0.2, 0.25) is 10.0 Å². The number of aryl methyl sites for hydroxylation is 1. The number of carbonyl (C=O) groups excluding carboxylic acids is 1. The summed E-state index contributed by atoms with van der Waals surface area (Å²) in [7, 11) is -2.57. The van der Waals surface area contributed by atoms with E-state index in [1.165, 1.54) is 28.3 Å². The van der Waals surface area contributed by atoms with Crippen molar-refractivity contribution in [2.45, 2.75) is 50.5 Å². The number of benzene rings is 2. The Kier molecular flexibility index (Phi) is 10.9. The third-order valence-corrected chi connectivity index (χ3v) is 10.3. The molecule has 2 aromatic carbocycles. The van der Waals surface area contributed by atoms with Crippen LogP contribution in [0.2, 0.25) is 0 Å². The molecule has 0 bridgehead atoms. The number of alkyl halides is 3. The fourth-order valence-electron chi connectivity index (χ4n) is 4.74. The summed E-state index contributed by atoms with van der Waals surface area (Å²) in [6.45, 7) is 7.34. The zero-order chi connectivity index (χ0) is 32.1. The molecule has 44 heavy (non-hydrogen) atoms. The predicted molar refractivity (Wildman–Crippen MR) is 161 cm³/mol. The normalized spacial score (nSPS) is 16.4. The number of hydrogen-bond donors (Lipinski definition) is 2. The summed E-state index contributed by atoms with van der Waals surface area (Å²) in [6, 6.07) is 11.7. The van der Waals surface area contributed by atoms with Crippen LogP contribution in [0.15, 0.2) is 53.4 Å². The van der Waals surface area contributed by atoms with Crippen LogP contribution in [0.5, 0.6) is 5.75 Å². The molecule has 3 aromatic rings. The molecule has 2 N–H and O–H groups in total. The fraction of sp³-hybridized carbons (Fsp3) is 0.448. The van der Waals surface area contributed by atoms with Crippen molar-refractivity contribution in [2.24, 2.45) is 0 Å². The van der Waals surface area contributed by atoms with E-state index in [4.69, 9.17) is 4.74 Å². The lowest BCUT2D eigenvalue weighted by molar-refractivity contribution is -0.274. The van der Waals surface area contributed by atoms with Crippen LogP contribution in [0.3, 0.4) is 0 Å². The van der Waals surface area contributed by atoms with Crippen molar-refractivity contribution < 1.29 is 35.9 Å². The Labute approximate surface area is 259 Å². The number of aromatic nitrogens is 1. The third kappa shape index (κ3) is 8.47. The molecule has 1 saturated heterocycles. The predicted octanol–water partition coefficient (Wildman–Crippen LogP) is 4.48. The molecular formula is C29H36F3N5O5S2. The average Bonchev–Trinajstić information content (AvgIpc) is 3.37. The minimum atomic E-state index is -4.89. The van der Waals surface area contributed by atoms with Crippen molar-refractivity contribution in [3.63, 3.8) is 0 Å². The molecule has 10 nitrogen and oxygen atoms in total. The van der Waals surface area contributed by atoms with Gasteiger partial charge >= 0.3 is 6.36 Å². The second-order valence-corrected chi connectivity index (χ2v) is 13.4. The lowest BCUT2D eigenvalue weighted by Gasteiger charge is -2.40. The number of piperazine rings is 1. The Balaban J connectivity index is 1.47. The quantitative estimate of drug-likeness (QED) is 0.217. The maximum atomic E-state index is 13.7. The Morgan fingerprint density at radius 3 is 2.41 bits per heavy atom. The van der Waals surface area contributed by atoms with E-state index in [1.54, 1.807) is 6.92 Å². The van der Waals surface area contributed by atoms with Crippen molar-refractivity contribution in [2.75, 3.05) is 44.9 Å². The minimum absolute atomic E-state index is 0.0386. The van der Waals surface area contributed by atoms with Crippen molar-refractivity contribution in [3.05, 3.63) is 70.2 Å². The van der Waals surface area contributed by atoms with Crippen LogP contribution >= 0.6 is 11.3 Å². The summed E-state index contributed by atoms with van der Waals surface area (Å²) >= 11 is 1.22. The summed E-state index contributed by atoms with van der Waals surface area (Å²) in [4.78, 5) is 19.0. The van der Waals surface area contributed by atoms with Crippen molar-refractivity contribution in [1.82, 2.24) is 19.9 Å². The van der Waals surface area contributed by atoms with Gasteiger partial charge in [-0.3, -0.25) is 10.1 Å². The molecule has 1 aromatic heterocycles. The molecule has 0 unspecified atom stereocenters. The molecule has 240 valence electrons. The Hall–Kier alpha value is -3.24. The first-order valence-corrected chi connectivity index (χ1v) is 16.2. The van der Waals surface area contributed by atoms with E-state index in [-0.39, 0.29) is 43.8 Å². The number of thiazole rings is 1. The minimum Gasteiger partial charge on any atom is -0.406 e. The molecule has 4 rings (SSSR count). The molecule has 1 aliphatic rings. The molecule has 2 heterocycles. The second-order valence-electron chi connectivity index (χ2n) is 10.6. The summed E-state index contributed by atoms with van der Waals surface area (Å²) in [5.74, 6) is -0.336. The summed E-state index contributed by atoms with van der Waals surface area (Å²) in [5, 5.41) is 6.39. The first kappa shape index (κ1) is 33.6. The molecule has 0 spiro atoms. The topological polar surface area (TPSA) is 113 Å². The number of halogens is 3. The first-order valence-electron chi connectivity index (χ1n) is 14.0. The fourth-order valence-corrected chi connectivity index (χ4v) is 7.38. The molecule has 1 fully saturated rings. The number of nitrogens with zero attached hydrogens (tertiary/aromatic N) is 3. The standard InChI is InChI=1S/C29H36F3N5O5S2/c1-19(2)22-7-5-21(6-8-22)15-34-18-41-17-23-16-36(28-35-20(3)26(43-28)27(38)33-4)13-14-37(23)44(39,40)25-11-9-24(10-12-25)42-29(30,31)32/h5-12,19,23,34H,13-18H2,1-4H3,(H,33,38)/t23-/m1/s1. The van der Waals surface area contributed by atoms with Gasteiger partial charge in [0, 0.05) is 33.2 Å². The van der Waals surface area contributed by atoms with Crippen molar-refractivity contribution in [1.29, 1.82) is 0 Å². The number of sulfonamides is 1. The highest BCUT2D eigenvalue weighted by molar-refractivity contribution is 7.89. The number of hydrogen-bond acceptors (Lipinski definition) is 9. The second kappa shape index (κ2) is 14.2. The lowest BCUT2D eigenvalue weighted by atomic mass is 10.0. The van der Waals surface area contributed by atoms with E-state index >= 15 is 0 Å². The van der Waals surface area contributed by atoms with Crippen LogP contribution in [0.1, 0.15) is 46.3 Å². The van der Waals surface area contributed by atoms with E-state index < -0.39 is 28.2 Å². The van der Waals surface area contributed by atoms with Crippen LogP contribution in [-0.2, 0) is 21.3 Å². The van der Waals surface area contributed by atoms with Gasteiger partial charge in [0.1, 0.15) is 10.6 Å². The highest BCUT2D eigenvalue weighted by Gasteiger charge is 2.38. The van der Waals surface area contributed by atoms with Crippen LogP contribution in [-0.4, -0.2) is 76.0 Å². The Bertz CT molecular complexity index is 1510. The zero-order valence-electron chi connectivity index (χ0n) is 24.8. The zero-order valence-corrected chi connectivity index (χ0v) is 26.5. The lowest BCUT2D eigenvalue weighted by Crippen LogP contribution is -2.57. The van der Waals surface area contributed by atoms with Crippen LogP contribution in [0.25, 0.3) is 0 Å². The maximum Gasteiger partial charge on any atom is 0.573 e. The van der Waals surface area contributed by atoms with Gasteiger partial charge < -0.3 is 19.7 Å².